The van der Waals surface area contributed by atoms with Gasteiger partial charge >= 0.3 is 5.97 Å². The molecular formula is C28H27ClF3N3O4S. The Hall–Kier alpha value is -3.12. The highest BCUT2D eigenvalue weighted by Crippen LogP contribution is 2.43. The van der Waals surface area contributed by atoms with Crippen LogP contribution in [0.2, 0.25) is 5.02 Å². The number of hydrogen-bond acceptors (Lipinski definition) is 5. The Bertz CT molecular complexity index is 1550. The van der Waals surface area contributed by atoms with E-state index in [1.807, 2.05) is 40.1 Å². The number of benzene rings is 3. The Kier molecular flexibility index (Phi) is 7.60. The fourth-order valence-electron chi connectivity index (χ4n) is 5.20. The van der Waals surface area contributed by atoms with Crippen LogP contribution in [0.4, 0.5) is 24.5 Å². The summed E-state index contributed by atoms with van der Waals surface area (Å²) in [5, 5.41) is 9.53. The van der Waals surface area contributed by atoms with Crippen LogP contribution in [-0.2, 0) is 10.0 Å². The molecule has 7 nitrogen and oxygen atoms in total. The van der Waals surface area contributed by atoms with Crippen molar-refractivity contribution in [3.63, 3.8) is 0 Å². The number of anilines is 2. The van der Waals surface area contributed by atoms with Gasteiger partial charge in [0.15, 0.2) is 0 Å². The average molecular weight is 594 g/mol. The SMILES string of the molecule is CN1[C@H](CN2CCC(F)(F)CC2)CN(c2ccccc2)c2cc(Cl)c(-c3ccc(F)c(C(=O)O)c3)cc2S1(=O)=O. The summed E-state index contributed by atoms with van der Waals surface area (Å²) in [6.07, 6.45) is -0.568. The van der Waals surface area contributed by atoms with Crippen molar-refractivity contribution in [1.29, 1.82) is 0 Å². The second-order valence-electron chi connectivity index (χ2n) is 10.1. The molecule has 3 aromatic rings. The van der Waals surface area contributed by atoms with Gasteiger partial charge in [-0.05, 0) is 42.0 Å². The molecule has 3 aromatic carbocycles. The summed E-state index contributed by atoms with van der Waals surface area (Å²) in [6, 6.07) is 14.9. The van der Waals surface area contributed by atoms with Crippen LogP contribution < -0.4 is 4.90 Å². The zero-order chi connectivity index (χ0) is 28.8. The van der Waals surface area contributed by atoms with E-state index >= 15 is 0 Å². The minimum atomic E-state index is -4.13. The number of nitrogens with zero attached hydrogens (tertiary/aromatic N) is 3. The molecule has 1 fully saturated rings. The van der Waals surface area contributed by atoms with Gasteiger partial charge in [-0.3, -0.25) is 0 Å². The molecule has 12 heteroatoms. The first-order valence-corrected chi connectivity index (χ1v) is 14.5. The van der Waals surface area contributed by atoms with Gasteiger partial charge in [0.05, 0.1) is 22.3 Å². The fraction of sp³-hybridized carbons (Fsp3) is 0.321. The number of likely N-dealkylation sites (tertiary alicyclic amines) is 1. The molecular weight excluding hydrogens is 567 g/mol. The lowest BCUT2D eigenvalue weighted by molar-refractivity contribution is -0.0570. The molecule has 0 spiro atoms. The lowest BCUT2D eigenvalue weighted by Crippen LogP contribution is -2.50. The molecule has 1 saturated heterocycles. The third kappa shape index (κ3) is 5.43. The second kappa shape index (κ2) is 10.7. The van der Waals surface area contributed by atoms with Gasteiger partial charge in [-0.1, -0.05) is 35.9 Å². The van der Waals surface area contributed by atoms with E-state index in [0.29, 0.717) is 11.4 Å². The van der Waals surface area contributed by atoms with Crippen molar-refractivity contribution >= 4 is 39.0 Å². The Morgan fingerprint density at radius 1 is 1.07 bits per heavy atom. The van der Waals surface area contributed by atoms with E-state index in [0.717, 1.165) is 12.1 Å². The Morgan fingerprint density at radius 3 is 2.40 bits per heavy atom. The molecule has 2 heterocycles. The molecule has 0 aliphatic carbocycles. The van der Waals surface area contributed by atoms with E-state index in [4.69, 9.17) is 11.6 Å². The van der Waals surface area contributed by atoms with Crippen LogP contribution in [0, 0.1) is 5.82 Å². The number of alkyl halides is 2. The maximum atomic E-state index is 14.1. The van der Waals surface area contributed by atoms with Gasteiger partial charge in [0.1, 0.15) is 10.7 Å². The van der Waals surface area contributed by atoms with Crippen molar-refractivity contribution in [3.8, 4) is 11.1 Å². The van der Waals surface area contributed by atoms with Gasteiger partial charge in [0, 0.05) is 57.3 Å². The predicted octanol–water partition coefficient (Wildman–Crippen LogP) is 5.72. The highest BCUT2D eigenvalue weighted by molar-refractivity contribution is 7.89. The van der Waals surface area contributed by atoms with Crippen LogP contribution >= 0.6 is 11.6 Å². The first-order chi connectivity index (χ1) is 18.9. The van der Waals surface area contributed by atoms with Gasteiger partial charge in [0.25, 0.3) is 5.92 Å². The summed E-state index contributed by atoms with van der Waals surface area (Å²) in [6.45, 7) is 0.795. The number of carboxylic acid groups (broad SMARTS) is 1. The standard InChI is InChI=1S/C28H27ClF3N3O4S/c1-33-20(16-34-11-9-28(31,32)10-12-34)17-35(19-5-3-2-4-6-19)25-15-23(29)21(14-26(25)40(33,38)39)18-7-8-24(30)22(13-18)27(36)37/h2-8,13-15,20H,9-12,16-17H2,1H3,(H,36,37)/t20-/m1/s1. The monoisotopic (exact) mass is 593 g/mol. The van der Waals surface area contributed by atoms with Crippen molar-refractivity contribution in [1.82, 2.24) is 9.21 Å². The number of carbonyl (C=O) groups is 1. The van der Waals surface area contributed by atoms with Crippen LogP contribution in [0.1, 0.15) is 23.2 Å². The summed E-state index contributed by atoms with van der Waals surface area (Å²) in [4.78, 5) is 15.2. The number of fused-ring (bicyclic) bond motifs is 1. The largest absolute Gasteiger partial charge is 0.478 e. The third-order valence-corrected chi connectivity index (χ3v) is 9.79. The maximum absolute atomic E-state index is 14.1. The number of sulfonamides is 1. The van der Waals surface area contributed by atoms with Crippen molar-refractivity contribution in [2.24, 2.45) is 0 Å². The zero-order valence-corrected chi connectivity index (χ0v) is 23.1. The summed E-state index contributed by atoms with van der Waals surface area (Å²) >= 11 is 6.67. The first-order valence-electron chi connectivity index (χ1n) is 12.6. The normalized spacial score (nSPS) is 21.0. The van der Waals surface area contributed by atoms with E-state index in [1.54, 1.807) is 0 Å². The average Bonchev–Trinajstić information content (AvgIpc) is 2.98. The molecule has 1 atom stereocenters. The van der Waals surface area contributed by atoms with E-state index in [-0.39, 0.29) is 60.1 Å². The van der Waals surface area contributed by atoms with E-state index in [9.17, 15) is 31.5 Å². The molecule has 0 amide bonds. The number of likely N-dealkylation sites (N-methyl/N-ethyl adjacent to an activating group) is 1. The van der Waals surface area contributed by atoms with Crippen molar-refractivity contribution in [2.75, 3.05) is 38.1 Å². The number of rotatable bonds is 5. The van der Waals surface area contributed by atoms with Crippen molar-refractivity contribution in [3.05, 3.63) is 77.1 Å². The van der Waals surface area contributed by atoms with Gasteiger partial charge in [-0.2, -0.15) is 4.31 Å². The molecule has 0 radical (unpaired) electrons. The van der Waals surface area contributed by atoms with E-state index < -0.39 is 39.3 Å². The topological polar surface area (TPSA) is 81.2 Å². The first kappa shape index (κ1) is 28.4. The molecule has 2 aliphatic heterocycles. The molecule has 0 unspecified atom stereocenters. The van der Waals surface area contributed by atoms with Gasteiger partial charge in [0.2, 0.25) is 10.0 Å². The Balaban J connectivity index is 1.62. The zero-order valence-electron chi connectivity index (χ0n) is 21.5. The maximum Gasteiger partial charge on any atom is 0.338 e. The van der Waals surface area contributed by atoms with Crippen molar-refractivity contribution < 1.29 is 31.5 Å². The van der Waals surface area contributed by atoms with Crippen LogP contribution in [0.15, 0.2) is 65.6 Å². The Morgan fingerprint density at radius 2 is 1.75 bits per heavy atom. The van der Waals surface area contributed by atoms with Gasteiger partial charge in [-0.15, -0.1) is 0 Å². The molecule has 212 valence electrons. The molecule has 40 heavy (non-hydrogen) atoms. The van der Waals surface area contributed by atoms with E-state index in [1.165, 1.54) is 29.6 Å². The fourth-order valence-corrected chi connectivity index (χ4v) is 7.00. The number of para-hydroxylation sites is 1. The molecule has 0 saturated carbocycles. The van der Waals surface area contributed by atoms with Crippen LogP contribution in [0.3, 0.4) is 0 Å². The highest BCUT2D eigenvalue weighted by atomic mass is 35.5. The van der Waals surface area contributed by atoms with Gasteiger partial charge < -0.3 is 14.9 Å². The smallest absolute Gasteiger partial charge is 0.338 e. The Labute approximate surface area is 235 Å². The summed E-state index contributed by atoms with van der Waals surface area (Å²) in [5.41, 5.74) is 0.931. The second-order valence-corrected chi connectivity index (χ2v) is 12.5. The number of aromatic carboxylic acids is 1. The van der Waals surface area contributed by atoms with Crippen LogP contribution in [0.25, 0.3) is 11.1 Å². The third-order valence-electron chi connectivity index (χ3n) is 7.54. The molecule has 2 aliphatic rings. The summed E-state index contributed by atoms with van der Waals surface area (Å²) < 4.78 is 71.0. The summed E-state index contributed by atoms with van der Waals surface area (Å²) in [5.74, 6) is -5.12. The van der Waals surface area contributed by atoms with E-state index in [2.05, 4.69) is 0 Å². The molecule has 0 bridgehead atoms. The quantitative estimate of drug-likeness (QED) is 0.408. The van der Waals surface area contributed by atoms with Crippen LogP contribution in [0.5, 0.6) is 0 Å². The lowest BCUT2D eigenvalue weighted by atomic mass is 10.0. The number of carboxylic acids is 1. The van der Waals surface area contributed by atoms with Gasteiger partial charge in [-0.25, -0.2) is 26.4 Å². The number of halogens is 4. The molecule has 1 N–H and O–H groups in total. The molecule has 0 aromatic heterocycles. The number of piperidine rings is 1. The lowest BCUT2D eigenvalue weighted by Gasteiger charge is -2.37. The summed E-state index contributed by atoms with van der Waals surface area (Å²) in [7, 11) is -2.67. The van der Waals surface area contributed by atoms with Crippen molar-refractivity contribution in [2.45, 2.75) is 29.7 Å². The predicted molar refractivity (Wildman–Crippen MR) is 147 cm³/mol. The van der Waals surface area contributed by atoms with Crippen LogP contribution in [-0.4, -0.2) is 73.9 Å². The molecule has 5 rings (SSSR count). The number of hydrogen-bond donors (Lipinski definition) is 1. The minimum absolute atomic E-state index is 0.0628. The highest BCUT2D eigenvalue weighted by Gasteiger charge is 2.40. The minimum Gasteiger partial charge on any atom is -0.478 e.